The topological polar surface area (TPSA) is 94.2 Å². The summed E-state index contributed by atoms with van der Waals surface area (Å²) in [5.74, 6) is 0.966. The first-order valence-electron chi connectivity index (χ1n) is 8.17. The Balaban J connectivity index is 2.85. The minimum absolute atomic E-state index is 0.190. The van der Waals surface area contributed by atoms with Crippen molar-refractivity contribution in [1.82, 2.24) is 9.62 Å². The van der Waals surface area contributed by atoms with Crippen molar-refractivity contribution in [3.8, 4) is 17.2 Å². The minimum Gasteiger partial charge on any atom is -0.493 e. The molecule has 0 atom stereocenters. The molecule has 1 aromatic rings. The number of nitrogens with zero attached hydrogens (tertiary/aromatic N) is 1. The van der Waals surface area contributed by atoms with Gasteiger partial charge in [-0.15, -0.1) is 0 Å². The van der Waals surface area contributed by atoms with Crippen molar-refractivity contribution in [3.63, 3.8) is 0 Å². The maximum absolute atomic E-state index is 12.4. The van der Waals surface area contributed by atoms with E-state index in [-0.39, 0.29) is 24.9 Å². The number of benzene rings is 1. The van der Waals surface area contributed by atoms with E-state index in [1.54, 1.807) is 12.1 Å². The number of carbonyl (C=O) groups is 1. The van der Waals surface area contributed by atoms with Gasteiger partial charge in [0.25, 0.3) is 5.91 Å². The molecule has 0 unspecified atom stereocenters. The van der Waals surface area contributed by atoms with Crippen LogP contribution in [0.15, 0.2) is 12.1 Å². The molecule has 1 N–H and O–H groups in total. The van der Waals surface area contributed by atoms with Gasteiger partial charge in [0, 0.05) is 25.2 Å². The average molecular weight is 388 g/mol. The molecule has 0 aliphatic heterocycles. The Hall–Kier alpha value is -2.00. The molecule has 0 fully saturated rings. The second kappa shape index (κ2) is 9.63. The van der Waals surface area contributed by atoms with Crippen molar-refractivity contribution in [2.24, 2.45) is 5.92 Å². The lowest BCUT2D eigenvalue weighted by molar-refractivity contribution is 0.0950. The second-order valence-electron chi connectivity index (χ2n) is 6.18. The molecule has 0 aromatic heterocycles. The molecule has 0 saturated carbocycles. The van der Waals surface area contributed by atoms with Crippen LogP contribution >= 0.6 is 0 Å². The fourth-order valence-corrected chi connectivity index (χ4v) is 3.40. The van der Waals surface area contributed by atoms with Gasteiger partial charge in [0.15, 0.2) is 11.5 Å². The normalized spacial score (nSPS) is 11.5. The summed E-state index contributed by atoms with van der Waals surface area (Å²) in [6.45, 7) is 4.67. The molecule has 0 radical (unpaired) electrons. The number of amides is 1. The van der Waals surface area contributed by atoms with Gasteiger partial charge in [-0.05, 0) is 18.1 Å². The van der Waals surface area contributed by atoms with Crippen LogP contribution in [0.1, 0.15) is 24.2 Å². The molecular formula is C17H28N2O6S. The third-order valence-electron chi connectivity index (χ3n) is 3.61. The molecule has 1 amide bonds. The Labute approximate surface area is 155 Å². The van der Waals surface area contributed by atoms with E-state index >= 15 is 0 Å². The Bertz CT molecular complexity index is 693. The number of hydrogen-bond donors (Lipinski definition) is 1. The predicted octanol–water partition coefficient (Wildman–Crippen LogP) is 1.36. The van der Waals surface area contributed by atoms with Crippen molar-refractivity contribution in [2.75, 3.05) is 47.2 Å². The molecule has 148 valence electrons. The van der Waals surface area contributed by atoms with E-state index in [2.05, 4.69) is 5.32 Å². The van der Waals surface area contributed by atoms with Gasteiger partial charge in [-0.1, -0.05) is 13.8 Å². The van der Waals surface area contributed by atoms with Gasteiger partial charge in [-0.3, -0.25) is 4.79 Å². The quantitative estimate of drug-likeness (QED) is 0.650. The number of nitrogens with one attached hydrogen (secondary N) is 1. The lowest BCUT2D eigenvalue weighted by Gasteiger charge is -2.22. The molecule has 0 spiro atoms. The number of sulfonamides is 1. The van der Waals surface area contributed by atoms with Gasteiger partial charge < -0.3 is 19.5 Å². The Morgan fingerprint density at radius 1 is 1.12 bits per heavy atom. The van der Waals surface area contributed by atoms with Gasteiger partial charge in [-0.25, -0.2) is 12.7 Å². The standard InChI is InChI=1S/C17H28N2O6S/c1-12(2)11-19(26(6,21)22)8-7-18-17(20)13-9-14(23-3)16(25-5)15(10-13)24-4/h9-10,12H,7-8,11H2,1-6H3,(H,18,20). The molecule has 0 aliphatic carbocycles. The Morgan fingerprint density at radius 3 is 2.04 bits per heavy atom. The molecule has 26 heavy (non-hydrogen) atoms. The molecule has 0 bridgehead atoms. The molecule has 0 heterocycles. The van der Waals surface area contributed by atoms with Crippen molar-refractivity contribution < 1.29 is 27.4 Å². The van der Waals surface area contributed by atoms with Crippen LogP contribution in [0.4, 0.5) is 0 Å². The number of hydrogen-bond acceptors (Lipinski definition) is 6. The SMILES string of the molecule is COc1cc(C(=O)NCCN(CC(C)C)S(C)(=O)=O)cc(OC)c1OC. The van der Waals surface area contributed by atoms with Crippen molar-refractivity contribution in [2.45, 2.75) is 13.8 Å². The largest absolute Gasteiger partial charge is 0.493 e. The summed E-state index contributed by atoms with van der Waals surface area (Å²) in [4.78, 5) is 12.4. The van der Waals surface area contributed by atoms with Crippen LogP contribution in [0.2, 0.25) is 0 Å². The van der Waals surface area contributed by atoms with Crippen LogP contribution in [-0.4, -0.2) is 65.8 Å². The van der Waals surface area contributed by atoms with Gasteiger partial charge in [0.05, 0.1) is 27.6 Å². The first-order valence-corrected chi connectivity index (χ1v) is 10.0. The number of carbonyl (C=O) groups excluding carboxylic acids is 1. The van der Waals surface area contributed by atoms with E-state index in [1.165, 1.54) is 25.6 Å². The first kappa shape index (κ1) is 22.0. The average Bonchev–Trinajstić information content (AvgIpc) is 2.57. The number of ether oxygens (including phenoxy) is 3. The summed E-state index contributed by atoms with van der Waals surface area (Å²) >= 11 is 0. The van der Waals surface area contributed by atoms with E-state index in [4.69, 9.17) is 14.2 Å². The predicted molar refractivity (Wildman–Crippen MR) is 99.7 cm³/mol. The van der Waals surface area contributed by atoms with Crippen molar-refractivity contribution in [1.29, 1.82) is 0 Å². The van der Waals surface area contributed by atoms with E-state index in [9.17, 15) is 13.2 Å². The summed E-state index contributed by atoms with van der Waals surface area (Å²) in [6, 6.07) is 3.08. The monoisotopic (exact) mass is 388 g/mol. The van der Waals surface area contributed by atoms with E-state index in [0.717, 1.165) is 6.26 Å². The van der Waals surface area contributed by atoms with Crippen molar-refractivity contribution >= 4 is 15.9 Å². The zero-order chi connectivity index (χ0) is 19.9. The van der Waals surface area contributed by atoms with Gasteiger partial charge in [0.1, 0.15) is 0 Å². The summed E-state index contributed by atoms with van der Waals surface area (Å²) in [7, 11) is 1.09. The van der Waals surface area contributed by atoms with E-state index in [0.29, 0.717) is 29.4 Å². The Morgan fingerprint density at radius 2 is 1.65 bits per heavy atom. The molecular weight excluding hydrogens is 360 g/mol. The van der Waals surface area contributed by atoms with Crippen LogP contribution in [0.25, 0.3) is 0 Å². The third kappa shape index (κ3) is 6.06. The third-order valence-corrected chi connectivity index (χ3v) is 4.88. The minimum atomic E-state index is -3.33. The van der Waals surface area contributed by atoms with Crippen LogP contribution in [0.3, 0.4) is 0 Å². The lowest BCUT2D eigenvalue weighted by atomic mass is 10.1. The molecule has 9 heteroatoms. The zero-order valence-corrected chi connectivity index (χ0v) is 17.0. The van der Waals surface area contributed by atoms with Crippen LogP contribution in [-0.2, 0) is 10.0 Å². The zero-order valence-electron chi connectivity index (χ0n) is 16.2. The highest BCUT2D eigenvalue weighted by molar-refractivity contribution is 7.88. The van der Waals surface area contributed by atoms with Crippen LogP contribution < -0.4 is 19.5 Å². The molecule has 0 saturated heterocycles. The summed E-state index contributed by atoms with van der Waals surface area (Å²) < 4.78 is 40.7. The van der Waals surface area contributed by atoms with Gasteiger partial charge in [0.2, 0.25) is 15.8 Å². The van der Waals surface area contributed by atoms with E-state index in [1.807, 2.05) is 13.8 Å². The lowest BCUT2D eigenvalue weighted by Crippen LogP contribution is -2.39. The second-order valence-corrected chi connectivity index (χ2v) is 8.17. The molecule has 1 aromatic carbocycles. The fraction of sp³-hybridized carbons (Fsp3) is 0.588. The highest BCUT2D eigenvalue weighted by atomic mass is 32.2. The van der Waals surface area contributed by atoms with Crippen LogP contribution in [0, 0.1) is 5.92 Å². The summed E-state index contributed by atoms with van der Waals surface area (Å²) in [5, 5.41) is 2.72. The molecule has 8 nitrogen and oxygen atoms in total. The first-order chi connectivity index (χ1) is 12.1. The number of rotatable bonds is 10. The van der Waals surface area contributed by atoms with Gasteiger partial charge in [-0.2, -0.15) is 0 Å². The Kier molecular flexibility index (Phi) is 8.16. The highest BCUT2D eigenvalue weighted by Crippen LogP contribution is 2.38. The smallest absolute Gasteiger partial charge is 0.251 e. The summed E-state index contributed by atoms with van der Waals surface area (Å²) in [6.07, 6.45) is 1.16. The maximum Gasteiger partial charge on any atom is 0.251 e. The highest BCUT2D eigenvalue weighted by Gasteiger charge is 2.19. The van der Waals surface area contributed by atoms with Gasteiger partial charge >= 0.3 is 0 Å². The van der Waals surface area contributed by atoms with Crippen molar-refractivity contribution in [3.05, 3.63) is 17.7 Å². The summed E-state index contributed by atoms with van der Waals surface area (Å²) in [5.41, 5.74) is 0.328. The molecule has 0 aliphatic rings. The maximum atomic E-state index is 12.4. The fourth-order valence-electron chi connectivity index (χ4n) is 2.41. The van der Waals surface area contributed by atoms with Crippen LogP contribution in [0.5, 0.6) is 17.2 Å². The molecule has 1 rings (SSSR count). The number of methoxy groups -OCH3 is 3. The van der Waals surface area contributed by atoms with E-state index < -0.39 is 10.0 Å².